The molecule has 0 bridgehead atoms. The maximum absolute atomic E-state index is 10.7. The quantitative estimate of drug-likeness (QED) is 0.616. The first kappa shape index (κ1) is 11.9. The fraction of sp³-hybridized carbons (Fsp3) is 0.273. The Balaban J connectivity index is 3.36. The average Bonchev–Trinajstić information content (AvgIpc) is 2.20. The summed E-state index contributed by atoms with van der Waals surface area (Å²) < 4.78 is 0.539. The Morgan fingerprint density at radius 3 is 2.67 bits per heavy atom. The van der Waals surface area contributed by atoms with Gasteiger partial charge in [-0.2, -0.15) is 0 Å². The number of halogens is 1. The molecule has 1 aromatic carbocycles. The van der Waals surface area contributed by atoms with Gasteiger partial charge in [-0.3, -0.25) is 10.1 Å². The lowest BCUT2D eigenvalue weighted by atomic mass is 10.0. The lowest BCUT2D eigenvalue weighted by Crippen LogP contribution is -1.94. The highest BCUT2D eigenvalue weighted by molar-refractivity contribution is 9.10. The van der Waals surface area contributed by atoms with Gasteiger partial charge >= 0.3 is 0 Å². The van der Waals surface area contributed by atoms with Crippen molar-refractivity contribution in [3.8, 4) is 0 Å². The standard InChI is InChI=1S/C11H12BrNO2/c1-3-5-9-7-11(13(14)15)10(12)6-8(9)4-2/h3,5-7H,4H2,1-2H3/b5-3-. The summed E-state index contributed by atoms with van der Waals surface area (Å²) in [5, 5.41) is 10.7. The molecule has 0 aromatic heterocycles. The lowest BCUT2D eigenvalue weighted by molar-refractivity contribution is -0.385. The Morgan fingerprint density at radius 1 is 1.53 bits per heavy atom. The lowest BCUT2D eigenvalue weighted by Gasteiger charge is -2.04. The van der Waals surface area contributed by atoms with Crippen LogP contribution >= 0.6 is 15.9 Å². The van der Waals surface area contributed by atoms with Crippen LogP contribution in [0.2, 0.25) is 0 Å². The summed E-state index contributed by atoms with van der Waals surface area (Å²) in [6.07, 6.45) is 4.63. The minimum atomic E-state index is -0.378. The zero-order valence-corrected chi connectivity index (χ0v) is 10.2. The molecule has 0 aliphatic heterocycles. The van der Waals surface area contributed by atoms with Gasteiger partial charge in [0.2, 0.25) is 0 Å². The van der Waals surface area contributed by atoms with Crippen molar-refractivity contribution >= 4 is 27.7 Å². The molecule has 0 saturated carbocycles. The highest BCUT2D eigenvalue weighted by Crippen LogP contribution is 2.29. The van der Waals surface area contributed by atoms with Crippen molar-refractivity contribution in [3.05, 3.63) is 43.9 Å². The molecule has 4 heteroatoms. The number of hydrogen-bond acceptors (Lipinski definition) is 2. The largest absolute Gasteiger partial charge is 0.284 e. The molecule has 0 unspecified atom stereocenters. The number of nitro benzene ring substituents is 1. The van der Waals surface area contributed by atoms with E-state index in [0.717, 1.165) is 17.5 Å². The van der Waals surface area contributed by atoms with E-state index in [1.165, 1.54) is 0 Å². The fourth-order valence-corrected chi connectivity index (χ4v) is 1.94. The predicted octanol–water partition coefficient (Wildman–Crippen LogP) is 3.95. The molecule has 0 aliphatic rings. The van der Waals surface area contributed by atoms with Crippen molar-refractivity contribution in [1.29, 1.82) is 0 Å². The van der Waals surface area contributed by atoms with Crippen LogP contribution in [0.4, 0.5) is 5.69 Å². The molecule has 0 aliphatic carbocycles. The third kappa shape index (κ3) is 2.65. The van der Waals surface area contributed by atoms with Gasteiger partial charge in [-0.05, 0) is 46.5 Å². The van der Waals surface area contributed by atoms with Crippen molar-refractivity contribution in [2.75, 3.05) is 0 Å². The first-order chi connectivity index (χ1) is 7.10. The summed E-state index contributed by atoms with van der Waals surface area (Å²) in [4.78, 5) is 10.4. The Kier molecular flexibility index (Phi) is 4.03. The molecule has 3 nitrogen and oxygen atoms in total. The van der Waals surface area contributed by atoms with E-state index >= 15 is 0 Å². The van der Waals surface area contributed by atoms with Crippen molar-refractivity contribution in [2.24, 2.45) is 0 Å². The number of hydrogen-bond donors (Lipinski definition) is 0. The van der Waals surface area contributed by atoms with Gasteiger partial charge in [-0.15, -0.1) is 0 Å². The van der Waals surface area contributed by atoms with E-state index in [4.69, 9.17) is 0 Å². The average molecular weight is 270 g/mol. The molecule has 0 saturated heterocycles. The van der Waals surface area contributed by atoms with Crippen LogP contribution in [0.3, 0.4) is 0 Å². The number of rotatable bonds is 3. The van der Waals surface area contributed by atoms with E-state index in [1.54, 1.807) is 6.07 Å². The third-order valence-corrected chi connectivity index (χ3v) is 2.77. The number of allylic oxidation sites excluding steroid dienone is 1. The molecule has 0 heterocycles. The summed E-state index contributed by atoms with van der Waals surface area (Å²) in [5.41, 5.74) is 2.13. The summed E-state index contributed by atoms with van der Waals surface area (Å²) in [6, 6.07) is 3.41. The van der Waals surface area contributed by atoms with Crippen LogP contribution < -0.4 is 0 Å². The van der Waals surface area contributed by atoms with Crippen LogP contribution in [-0.2, 0) is 6.42 Å². The van der Waals surface area contributed by atoms with E-state index in [2.05, 4.69) is 15.9 Å². The minimum Gasteiger partial charge on any atom is -0.258 e. The van der Waals surface area contributed by atoms with Gasteiger partial charge in [0.1, 0.15) is 0 Å². The van der Waals surface area contributed by atoms with Gasteiger partial charge in [0, 0.05) is 6.07 Å². The highest BCUT2D eigenvalue weighted by Gasteiger charge is 2.14. The van der Waals surface area contributed by atoms with Gasteiger partial charge in [0.15, 0.2) is 0 Å². The van der Waals surface area contributed by atoms with E-state index in [0.29, 0.717) is 4.47 Å². The van der Waals surface area contributed by atoms with E-state index in [-0.39, 0.29) is 10.6 Å². The van der Waals surface area contributed by atoms with Crippen molar-refractivity contribution in [1.82, 2.24) is 0 Å². The number of benzene rings is 1. The van der Waals surface area contributed by atoms with E-state index in [9.17, 15) is 10.1 Å². The molecule has 0 amide bonds. The first-order valence-corrected chi connectivity index (χ1v) is 5.49. The fourth-order valence-electron chi connectivity index (χ4n) is 1.40. The van der Waals surface area contributed by atoms with Crippen molar-refractivity contribution < 1.29 is 4.92 Å². The first-order valence-electron chi connectivity index (χ1n) is 4.69. The van der Waals surface area contributed by atoms with E-state index in [1.807, 2.05) is 32.1 Å². The molecule has 0 spiro atoms. The van der Waals surface area contributed by atoms with Gasteiger partial charge < -0.3 is 0 Å². The van der Waals surface area contributed by atoms with Gasteiger partial charge in [-0.1, -0.05) is 19.1 Å². The van der Waals surface area contributed by atoms with Crippen molar-refractivity contribution in [3.63, 3.8) is 0 Å². The Labute approximate surface area is 97.1 Å². The zero-order valence-electron chi connectivity index (χ0n) is 8.66. The molecule has 0 N–H and O–H groups in total. The van der Waals surface area contributed by atoms with Crippen LogP contribution in [-0.4, -0.2) is 4.92 Å². The molecule has 0 fully saturated rings. The second-order valence-corrected chi connectivity index (χ2v) is 3.97. The van der Waals surface area contributed by atoms with Crippen LogP contribution in [0, 0.1) is 10.1 Å². The highest BCUT2D eigenvalue weighted by atomic mass is 79.9. The minimum absolute atomic E-state index is 0.111. The van der Waals surface area contributed by atoms with Crippen LogP contribution in [0.15, 0.2) is 22.7 Å². The van der Waals surface area contributed by atoms with Gasteiger partial charge in [0.25, 0.3) is 5.69 Å². The maximum Gasteiger partial charge on any atom is 0.284 e. The van der Waals surface area contributed by atoms with Crippen LogP contribution in [0.5, 0.6) is 0 Å². The maximum atomic E-state index is 10.7. The van der Waals surface area contributed by atoms with Crippen LogP contribution in [0.1, 0.15) is 25.0 Å². The molecule has 0 radical (unpaired) electrons. The normalized spacial score (nSPS) is 10.9. The SMILES string of the molecule is C/C=C\c1cc([N+](=O)[O-])c(Br)cc1CC. The second-order valence-electron chi connectivity index (χ2n) is 3.11. The molecule has 0 atom stereocenters. The van der Waals surface area contributed by atoms with Crippen LogP contribution in [0.25, 0.3) is 6.08 Å². The summed E-state index contributed by atoms with van der Waals surface area (Å²) >= 11 is 3.21. The van der Waals surface area contributed by atoms with Crippen molar-refractivity contribution in [2.45, 2.75) is 20.3 Å². The second kappa shape index (κ2) is 5.07. The topological polar surface area (TPSA) is 43.1 Å². The third-order valence-electron chi connectivity index (χ3n) is 2.13. The van der Waals surface area contributed by atoms with Gasteiger partial charge in [0.05, 0.1) is 9.40 Å². The van der Waals surface area contributed by atoms with Gasteiger partial charge in [-0.25, -0.2) is 0 Å². The smallest absolute Gasteiger partial charge is 0.258 e. The van der Waals surface area contributed by atoms with E-state index < -0.39 is 0 Å². The summed E-state index contributed by atoms with van der Waals surface area (Å²) in [6.45, 7) is 3.92. The zero-order chi connectivity index (χ0) is 11.4. The summed E-state index contributed by atoms with van der Waals surface area (Å²) in [5.74, 6) is 0. The number of nitro groups is 1. The molecule has 1 aromatic rings. The molecule has 15 heavy (non-hydrogen) atoms. The molecule has 80 valence electrons. The predicted molar refractivity (Wildman–Crippen MR) is 64.9 cm³/mol. The molecular formula is C11H12BrNO2. The number of nitrogens with zero attached hydrogens (tertiary/aromatic N) is 1. The Bertz CT molecular complexity index is 413. The molecule has 1 rings (SSSR count). The molecular weight excluding hydrogens is 258 g/mol. The summed E-state index contributed by atoms with van der Waals surface area (Å²) in [7, 11) is 0. The number of aryl methyl sites for hydroxylation is 1. The monoisotopic (exact) mass is 269 g/mol. The Morgan fingerprint density at radius 2 is 2.20 bits per heavy atom. The Hall–Kier alpha value is -1.16.